The lowest BCUT2D eigenvalue weighted by atomic mass is 10.2. The fourth-order valence-corrected chi connectivity index (χ4v) is 3.43. The minimum Gasteiger partial charge on any atom is -0.441 e. The van der Waals surface area contributed by atoms with Gasteiger partial charge in [-0.3, -0.25) is 15.1 Å². The molecular formula is C21H18F5N7O3. The number of hydrogen-bond acceptors (Lipinski definition) is 7. The first-order valence-corrected chi connectivity index (χ1v) is 10.5. The minimum absolute atomic E-state index is 0.0559. The Morgan fingerprint density at radius 3 is 2.56 bits per heavy atom. The Labute approximate surface area is 199 Å². The third-order valence-electron chi connectivity index (χ3n) is 5.42. The summed E-state index contributed by atoms with van der Waals surface area (Å²) in [7, 11) is 1.47. The zero-order valence-electron chi connectivity index (χ0n) is 18.7. The van der Waals surface area contributed by atoms with Crippen molar-refractivity contribution in [3.8, 4) is 11.4 Å². The second kappa shape index (κ2) is 9.47. The number of hydrogen-bond donors (Lipinski definition) is 2. The van der Waals surface area contributed by atoms with E-state index in [9.17, 15) is 31.5 Å². The molecule has 0 bridgehead atoms. The monoisotopic (exact) mass is 511 g/mol. The molecule has 15 heteroatoms. The van der Waals surface area contributed by atoms with Gasteiger partial charge in [0.05, 0.1) is 41.2 Å². The van der Waals surface area contributed by atoms with Gasteiger partial charge in [-0.15, -0.1) is 5.10 Å². The van der Waals surface area contributed by atoms with Gasteiger partial charge in [0, 0.05) is 7.05 Å². The summed E-state index contributed by atoms with van der Waals surface area (Å²) in [5.74, 6) is -5.27. The van der Waals surface area contributed by atoms with Crippen LogP contribution in [0, 0.1) is 23.6 Å². The molecule has 3 atom stereocenters. The van der Waals surface area contributed by atoms with Crippen molar-refractivity contribution < 1.29 is 36.3 Å². The summed E-state index contributed by atoms with van der Waals surface area (Å²) in [4.78, 5) is 31.8. The van der Waals surface area contributed by atoms with Crippen molar-refractivity contribution in [1.82, 2.24) is 25.0 Å². The van der Waals surface area contributed by atoms with E-state index < -0.39 is 47.9 Å². The number of rotatable bonds is 6. The molecule has 0 aliphatic heterocycles. The summed E-state index contributed by atoms with van der Waals surface area (Å²) in [5, 5.41) is 12.5. The van der Waals surface area contributed by atoms with Gasteiger partial charge in [0.2, 0.25) is 11.9 Å². The van der Waals surface area contributed by atoms with Crippen LogP contribution in [0.25, 0.3) is 11.4 Å². The fraction of sp³-hybridized carbons (Fsp3) is 0.333. The van der Waals surface area contributed by atoms with Gasteiger partial charge in [-0.2, -0.15) is 17.6 Å². The highest BCUT2D eigenvalue weighted by Crippen LogP contribution is 2.50. The Hall–Kier alpha value is -4.17. The van der Waals surface area contributed by atoms with Gasteiger partial charge in [-0.05, 0) is 31.5 Å². The summed E-state index contributed by atoms with van der Waals surface area (Å²) >= 11 is 0. The van der Waals surface area contributed by atoms with Crippen LogP contribution in [0.2, 0.25) is 0 Å². The molecule has 1 fully saturated rings. The van der Waals surface area contributed by atoms with Gasteiger partial charge in [0.1, 0.15) is 11.9 Å². The van der Waals surface area contributed by atoms with Crippen LogP contribution in [-0.2, 0) is 16.6 Å². The zero-order chi connectivity index (χ0) is 26.2. The van der Waals surface area contributed by atoms with E-state index >= 15 is 0 Å². The largest absolute Gasteiger partial charge is 0.441 e. The lowest BCUT2D eigenvalue weighted by Crippen LogP contribution is -2.20. The Morgan fingerprint density at radius 2 is 1.92 bits per heavy atom. The molecule has 0 unspecified atom stereocenters. The molecular weight excluding hydrogens is 493 g/mol. The van der Waals surface area contributed by atoms with Gasteiger partial charge in [-0.25, -0.2) is 18.9 Å². The molecule has 0 spiro atoms. The summed E-state index contributed by atoms with van der Waals surface area (Å²) in [5.41, 5.74) is 0.233. The summed E-state index contributed by atoms with van der Waals surface area (Å²) < 4.78 is 71.5. The Morgan fingerprint density at radius 1 is 1.17 bits per heavy atom. The van der Waals surface area contributed by atoms with Crippen LogP contribution < -0.4 is 10.6 Å². The Bertz CT molecular complexity index is 1300. The van der Waals surface area contributed by atoms with E-state index in [1.807, 2.05) is 0 Å². The summed E-state index contributed by atoms with van der Waals surface area (Å²) in [6.07, 6.45) is -4.97. The van der Waals surface area contributed by atoms with Gasteiger partial charge in [0.15, 0.2) is 11.5 Å². The molecule has 0 saturated heterocycles. The molecule has 1 aliphatic rings. The van der Waals surface area contributed by atoms with Crippen LogP contribution in [0.1, 0.15) is 25.0 Å². The van der Waals surface area contributed by atoms with Crippen LogP contribution in [-0.4, -0.2) is 43.1 Å². The number of aromatic nitrogens is 5. The number of pyridine rings is 2. The summed E-state index contributed by atoms with van der Waals surface area (Å²) in [6.45, 7) is 1.33. The number of ether oxygens (including phenoxy) is 1. The Balaban J connectivity index is 1.42. The van der Waals surface area contributed by atoms with Crippen LogP contribution in [0.3, 0.4) is 0 Å². The number of nitrogens with zero attached hydrogens (tertiary/aromatic N) is 5. The SMILES string of the molecule is C[C@@H](OC(=O)Nc1c(-c2ccc(NC(=O)[C@@H]3C[C@H]3C(F)(F)F)cn2)nnn1C)c1cc(F)cnc1F. The van der Waals surface area contributed by atoms with Crippen molar-refractivity contribution in [1.29, 1.82) is 0 Å². The molecule has 0 radical (unpaired) electrons. The molecule has 10 nitrogen and oxygen atoms in total. The van der Waals surface area contributed by atoms with E-state index in [1.165, 1.54) is 37.0 Å². The van der Waals surface area contributed by atoms with Crippen LogP contribution >= 0.6 is 0 Å². The second-order valence-corrected chi connectivity index (χ2v) is 8.03. The predicted octanol–water partition coefficient (Wildman–Crippen LogP) is 4.00. The standard InChI is InChI=1S/C21H18F5N7O3/c1-9(12-5-10(22)7-28-17(12)23)36-20(35)30-18-16(31-32-33(18)2)15-4-3-11(8-27-15)29-19(34)13-6-14(13)21(24,25)26/h3-5,7-9,13-14H,6H2,1-2H3,(H,29,34)(H,30,35)/t9-,13-,14-/m1/s1. The molecule has 4 rings (SSSR count). The predicted molar refractivity (Wildman–Crippen MR) is 113 cm³/mol. The van der Waals surface area contributed by atoms with Crippen molar-refractivity contribution in [3.63, 3.8) is 0 Å². The van der Waals surface area contributed by atoms with E-state index in [0.29, 0.717) is 6.20 Å². The molecule has 0 aromatic carbocycles. The number of carbonyl (C=O) groups is 2. The quantitative estimate of drug-likeness (QED) is 0.379. The highest BCUT2D eigenvalue weighted by atomic mass is 19.4. The first-order chi connectivity index (χ1) is 16.9. The Kier molecular flexibility index (Phi) is 6.56. The smallest absolute Gasteiger partial charge is 0.413 e. The average molecular weight is 511 g/mol. The number of amides is 2. The molecule has 1 aliphatic carbocycles. The maximum Gasteiger partial charge on any atom is 0.413 e. The van der Waals surface area contributed by atoms with E-state index in [1.54, 1.807) is 0 Å². The average Bonchev–Trinajstić information content (AvgIpc) is 3.56. The van der Waals surface area contributed by atoms with E-state index in [0.717, 1.165) is 6.07 Å². The summed E-state index contributed by atoms with van der Waals surface area (Å²) in [6, 6.07) is 3.68. The second-order valence-electron chi connectivity index (χ2n) is 8.03. The minimum atomic E-state index is -4.42. The molecule has 2 amide bonds. The number of nitrogens with one attached hydrogen (secondary N) is 2. The van der Waals surface area contributed by atoms with Crippen molar-refractivity contribution >= 4 is 23.5 Å². The highest BCUT2D eigenvalue weighted by molar-refractivity contribution is 5.94. The third kappa shape index (κ3) is 5.39. The molecule has 2 N–H and O–H groups in total. The van der Waals surface area contributed by atoms with E-state index in [2.05, 4.69) is 30.9 Å². The number of halogens is 5. The molecule has 3 aromatic rings. The van der Waals surface area contributed by atoms with E-state index in [-0.39, 0.29) is 34.9 Å². The van der Waals surface area contributed by atoms with Gasteiger partial charge in [-0.1, -0.05) is 5.21 Å². The van der Waals surface area contributed by atoms with E-state index in [4.69, 9.17) is 4.74 Å². The van der Waals surface area contributed by atoms with Crippen LogP contribution in [0.5, 0.6) is 0 Å². The van der Waals surface area contributed by atoms with Gasteiger partial charge in [0.25, 0.3) is 0 Å². The normalized spacial score (nSPS) is 17.9. The number of carbonyl (C=O) groups excluding carboxylic acids is 2. The van der Waals surface area contributed by atoms with Gasteiger partial charge >= 0.3 is 12.3 Å². The van der Waals surface area contributed by atoms with Gasteiger partial charge < -0.3 is 10.1 Å². The van der Waals surface area contributed by atoms with Crippen LogP contribution in [0.4, 0.5) is 38.3 Å². The lowest BCUT2D eigenvalue weighted by Gasteiger charge is -2.15. The maximum absolute atomic E-state index is 13.8. The van der Waals surface area contributed by atoms with Crippen molar-refractivity contribution in [2.24, 2.45) is 18.9 Å². The highest BCUT2D eigenvalue weighted by Gasteiger charge is 2.58. The van der Waals surface area contributed by atoms with Crippen molar-refractivity contribution in [2.45, 2.75) is 25.6 Å². The molecule has 36 heavy (non-hydrogen) atoms. The number of alkyl halides is 3. The van der Waals surface area contributed by atoms with Crippen molar-refractivity contribution in [3.05, 3.63) is 47.9 Å². The lowest BCUT2D eigenvalue weighted by molar-refractivity contribution is -0.153. The number of aryl methyl sites for hydroxylation is 1. The molecule has 3 aromatic heterocycles. The molecule has 3 heterocycles. The maximum atomic E-state index is 13.8. The molecule has 190 valence electrons. The first kappa shape index (κ1) is 24.9. The molecule has 1 saturated carbocycles. The number of anilines is 2. The van der Waals surface area contributed by atoms with Crippen LogP contribution in [0.15, 0.2) is 30.6 Å². The topological polar surface area (TPSA) is 124 Å². The van der Waals surface area contributed by atoms with Crippen molar-refractivity contribution in [2.75, 3.05) is 10.6 Å². The third-order valence-corrected chi connectivity index (χ3v) is 5.42. The zero-order valence-corrected chi connectivity index (χ0v) is 18.7. The first-order valence-electron chi connectivity index (χ1n) is 10.5. The fourth-order valence-electron chi connectivity index (χ4n) is 3.43.